The van der Waals surface area contributed by atoms with E-state index in [9.17, 15) is 0 Å². The van der Waals surface area contributed by atoms with Gasteiger partial charge >= 0.3 is 0 Å². The maximum absolute atomic E-state index is 5.07. The molecule has 0 saturated carbocycles. The molecule has 5 heteroatoms. The average molecular weight is 656 g/mol. The SMILES string of the molecule is CC1C=C(c2nc(-c3ccc(-c4cccc5cccnc45)cc3)nc(-c3ccc(-c4cccc5cccnc45)cc3)n2)C=CC1c1ccccc1. The first kappa shape index (κ1) is 30.5. The number of benzene rings is 5. The first-order chi connectivity index (χ1) is 25.2. The number of para-hydroxylation sites is 2. The van der Waals surface area contributed by atoms with Gasteiger partial charge in [0, 0.05) is 56.9 Å². The third-order valence-electron chi connectivity index (χ3n) is 9.74. The van der Waals surface area contributed by atoms with E-state index >= 15 is 0 Å². The summed E-state index contributed by atoms with van der Waals surface area (Å²) in [6, 6.07) is 48.2. The van der Waals surface area contributed by atoms with E-state index < -0.39 is 0 Å². The van der Waals surface area contributed by atoms with Crippen molar-refractivity contribution >= 4 is 27.4 Å². The van der Waals surface area contributed by atoms with Crippen LogP contribution in [0.2, 0.25) is 0 Å². The number of nitrogens with zero attached hydrogens (tertiary/aromatic N) is 5. The van der Waals surface area contributed by atoms with E-state index in [2.05, 4.69) is 163 Å². The molecule has 242 valence electrons. The van der Waals surface area contributed by atoms with E-state index in [0.29, 0.717) is 23.4 Å². The van der Waals surface area contributed by atoms with Crippen molar-refractivity contribution in [2.45, 2.75) is 12.8 Å². The van der Waals surface area contributed by atoms with Crippen LogP contribution >= 0.6 is 0 Å². The molecule has 51 heavy (non-hydrogen) atoms. The first-order valence-electron chi connectivity index (χ1n) is 17.3. The van der Waals surface area contributed by atoms with E-state index in [1.807, 2.05) is 24.5 Å². The van der Waals surface area contributed by atoms with Crippen LogP contribution in [0.25, 0.3) is 72.4 Å². The highest BCUT2D eigenvalue weighted by Crippen LogP contribution is 2.36. The van der Waals surface area contributed by atoms with Crippen molar-refractivity contribution in [3.05, 3.63) is 182 Å². The number of pyridine rings is 2. The van der Waals surface area contributed by atoms with Gasteiger partial charge in [-0.3, -0.25) is 9.97 Å². The molecular weight excluding hydrogens is 623 g/mol. The molecule has 1 aliphatic rings. The summed E-state index contributed by atoms with van der Waals surface area (Å²) in [6.07, 6.45) is 10.4. The van der Waals surface area contributed by atoms with Crippen LogP contribution in [-0.2, 0) is 0 Å². The van der Waals surface area contributed by atoms with Gasteiger partial charge in [-0.2, -0.15) is 0 Å². The fraction of sp³-hybridized carbons (Fsp3) is 0.0652. The third-order valence-corrected chi connectivity index (χ3v) is 9.74. The molecule has 0 spiro atoms. The summed E-state index contributed by atoms with van der Waals surface area (Å²) in [5, 5.41) is 2.23. The average Bonchev–Trinajstić information content (AvgIpc) is 3.20. The summed E-state index contributed by atoms with van der Waals surface area (Å²) in [5.74, 6) is 2.49. The Labute approximate surface area is 296 Å². The largest absolute Gasteiger partial charge is 0.256 e. The second-order valence-electron chi connectivity index (χ2n) is 13.0. The highest BCUT2D eigenvalue weighted by Gasteiger charge is 2.22. The lowest BCUT2D eigenvalue weighted by atomic mass is 9.82. The van der Waals surface area contributed by atoms with Crippen LogP contribution in [0.4, 0.5) is 0 Å². The molecule has 3 aromatic heterocycles. The Morgan fingerprint density at radius 3 is 1.47 bits per heavy atom. The Kier molecular flexibility index (Phi) is 7.78. The predicted molar refractivity (Wildman–Crippen MR) is 208 cm³/mol. The van der Waals surface area contributed by atoms with Crippen LogP contribution in [-0.4, -0.2) is 24.9 Å². The van der Waals surface area contributed by atoms with Gasteiger partial charge in [0.1, 0.15) is 0 Å². The van der Waals surface area contributed by atoms with Crippen molar-refractivity contribution in [2.24, 2.45) is 5.92 Å². The zero-order valence-corrected chi connectivity index (χ0v) is 28.1. The van der Waals surface area contributed by atoms with Gasteiger partial charge < -0.3 is 0 Å². The Balaban J connectivity index is 1.11. The van der Waals surface area contributed by atoms with E-state index in [-0.39, 0.29) is 5.92 Å². The number of fused-ring (bicyclic) bond motifs is 2. The minimum absolute atomic E-state index is 0.276. The number of hydrogen-bond acceptors (Lipinski definition) is 5. The fourth-order valence-corrected chi connectivity index (χ4v) is 7.10. The molecule has 0 saturated heterocycles. The van der Waals surface area contributed by atoms with Gasteiger partial charge in [-0.25, -0.2) is 15.0 Å². The molecule has 8 aromatic rings. The number of aromatic nitrogens is 5. The van der Waals surface area contributed by atoms with Crippen molar-refractivity contribution in [1.82, 2.24) is 24.9 Å². The molecule has 9 rings (SSSR count). The lowest BCUT2D eigenvalue weighted by Crippen LogP contribution is -2.11. The summed E-state index contributed by atoms with van der Waals surface area (Å²) >= 11 is 0. The van der Waals surface area contributed by atoms with E-state index in [0.717, 1.165) is 60.8 Å². The molecule has 3 heterocycles. The van der Waals surface area contributed by atoms with Crippen molar-refractivity contribution < 1.29 is 0 Å². The standard InChI is InChI=1S/C46H33N5/c1-30-29-38(25-26-39(30)31-9-3-2-4-10-31)46-50-44(36-21-17-32(18-22-36)40-15-5-11-34-13-7-27-47-42(34)40)49-45(51-46)37-23-19-33(20-24-37)41-16-6-12-35-14-8-28-48-43(35)41/h2-30,39H,1H3. The minimum Gasteiger partial charge on any atom is -0.256 e. The molecule has 0 fully saturated rings. The highest BCUT2D eigenvalue weighted by atomic mass is 15.0. The summed E-state index contributed by atoms with van der Waals surface area (Å²) < 4.78 is 0. The van der Waals surface area contributed by atoms with Crippen LogP contribution in [0.5, 0.6) is 0 Å². The van der Waals surface area contributed by atoms with Crippen LogP contribution < -0.4 is 0 Å². The molecule has 0 radical (unpaired) electrons. The monoisotopic (exact) mass is 655 g/mol. The Morgan fingerprint density at radius 1 is 0.451 bits per heavy atom. The van der Waals surface area contributed by atoms with Gasteiger partial charge in [-0.15, -0.1) is 0 Å². The lowest BCUT2D eigenvalue weighted by Gasteiger charge is -2.23. The first-order valence-corrected chi connectivity index (χ1v) is 17.3. The van der Waals surface area contributed by atoms with Crippen molar-refractivity contribution in [2.75, 3.05) is 0 Å². The number of allylic oxidation sites excluding steroid dienone is 4. The number of hydrogen-bond donors (Lipinski definition) is 0. The Hall–Kier alpha value is -6.59. The van der Waals surface area contributed by atoms with Crippen LogP contribution in [0.15, 0.2) is 170 Å². The Morgan fingerprint density at radius 2 is 0.941 bits per heavy atom. The van der Waals surface area contributed by atoms with Crippen LogP contribution in [0.3, 0.4) is 0 Å². The normalized spacial score (nSPS) is 15.6. The summed E-state index contributed by atoms with van der Waals surface area (Å²) in [5.41, 5.74) is 10.5. The summed E-state index contributed by atoms with van der Waals surface area (Å²) in [7, 11) is 0. The smallest absolute Gasteiger partial charge is 0.164 e. The van der Waals surface area contributed by atoms with Crippen molar-refractivity contribution in [3.63, 3.8) is 0 Å². The zero-order chi connectivity index (χ0) is 34.1. The zero-order valence-electron chi connectivity index (χ0n) is 28.1. The summed E-state index contributed by atoms with van der Waals surface area (Å²) in [4.78, 5) is 24.5. The summed E-state index contributed by atoms with van der Waals surface area (Å²) in [6.45, 7) is 2.26. The van der Waals surface area contributed by atoms with Gasteiger partial charge in [-0.1, -0.05) is 153 Å². The third kappa shape index (κ3) is 5.89. The maximum Gasteiger partial charge on any atom is 0.164 e. The van der Waals surface area contributed by atoms with Crippen molar-refractivity contribution in [3.8, 4) is 45.0 Å². The second-order valence-corrected chi connectivity index (χ2v) is 13.0. The van der Waals surface area contributed by atoms with E-state index in [4.69, 9.17) is 15.0 Å². The molecule has 0 N–H and O–H groups in total. The van der Waals surface area contributed by atoms with Gasteiger partial charge in [0.15, 0.2) is 17.5 Å². The predicted octanol–water partition coefficient (Wildman–Crippen LogP) is 11.0. The Bertz CT molecular complexity index is 2440. The molecule has 2 unspecified atom stereocenters. The fourth-order valence-electron chi connectivity index (χ4n) is 7.10. The highest BCUT2D eigenvalue weighted by molar-refractivity contribution is 5.94. The van der Waals surface area contributed by atoms with Crippen molar-refractivity contribution in [1.29, 1.82) is 0 Å². The second kappa shape index (κ2) is 13.0. The van der Waals surface area contributed by atoms with Gasteiger partial charge in [-0.05, 0) is 34.7 Å². The van der Waals surface area contributed by atoms with E-state index in [1.165, 1.54) is 5.56 Å². The van der Waals surface area contributed by atoms with Crippen LogP contribution in [0, 0.1) is 5.92 Å². The van der Waals surface area contributed by atoms with E-state index in [1.54, 1.807) is 0 Å². The lowest BCUT2D eigenvalue weighted by molar-refractivity contribution is 0.637. The molecule has 0 aliphatic heterocycles. The number of rotatable bonds is 6. The van der Waals surface area contributed by atoms with Gasteiger partial charge in [0.05, 0.1) is 11.0 Å². The molecule has 5 nitrogen and oxygen atoms in total. The molecule has 5 aromatic carbocycles. The van der Waals surface area contributed by atoms with Gasteiger partial charge in [0.2, 0.25) is 0 Å². The maximum atomic E-state index is 5.07. The quantitative estimate of drug-likeness (QED) is 0.178. The molecular formula is C46H33N5. The van der Waals surface area contributed by atoms with Crippen LogP contribution in [0.1, 0.15) is 24.2 Å². The molecule has 0 amide bonds. The molecule has 0 bridgehead atoms. The van der Waals surface area contributed by atoms with Gasteiger partial charge in [0.25, 0.3) is 0 Å². The molecule has 1 aliphatic carbocycles. The topological polar surface area (TPSA) is 64.5 Å². The minimum atomic E-state index is 0.276. The molecule has 2 atom stereocenters.